The van der Waals surface area contributed by atoms with Gasteiger partial charge in [0.15, 0.2) is 0 Å². The molecule has 0 aliphatic heterocycles. The molecule has 0 atom stereocenters. The Bertz CT molecular complexity index is 417. The zero-order valence-electron chi connectivity index (χ0n) is 10.2. The second kappa shape index (κ2) is 6.70. The first-order valence-electron chi connectivity index (χ1n) is 5.70. The van der Waals surface area contributed by atoms with Gasteiger partial charge in [0.1, 0.15) is 0 Å². The highest BCUT2D eigenvalue weighted by Crippen LogP contribution is 2.12. The number of aliphatic hydroxyl groups is 1. The Balaban J connectivity index is 2.66. The molecule has 0 heterocycles. The molecule has 0 radical (unpaired) electrons. The molecule has 0 aliphatic rings. The molecule has 0 saturated heterocycles. The van der Waals surface area contributed by atoms with E-state index in [1.165, 1.54) is 12.1 Å². The van der Waals surface area contributed by atoms with Crippen LogP contribution in [0.4, 0.5) is 5.69 Å². The van der Waals surface area contributed by atoms with Gasteiger partial charge in [0.25, 0.3) is 5.69 Å². The number of nitrogens with zero attached hydrogens (tertiary/aromatic N) is 2. The molecule has 0 aromatic heterocycles. The number of carbonyl (C=O) groups is 1. The van der Waals surface area contributed by atoms with Crippen LogP contribution in [0.15, 0.2) is 24.3 Å². The maximum absolute atomic E-state index is 11.8. The van der Waals surface area contributed by atoms with Crippen molar-refractivity contribution in [1.29, 1.82) is 0 Å². The molecule has 1 aromatic rings. The maximum atomic E-state index is 11.8. The number of benzene rings is 1. The predicted octanol–water partition coefficient (Wildman–Crippen LogP) is 0.978. The molecule has 0 unspecified atom stereocenters. The topological polar surface area (TPSA) is 83.7 Å². The third-order valence-electron chi connectivity index (χ3n) is 2.61. The summed E-state index contributed by atoms with van der Waals surface area (Å²) >= 11 is 0. The first-order valence-corrected chi connectivity index (χ1v) is 5.70. The van der Waals surface area contributed by atoms with Gasteiger partial charge >= 0.3 is 0 Å². The minimum Gasteiger partial charge on any atom is -0.395 e. The average Bonchev–Trinajstić information content (AvgIpc) is 2.36. The number of hydrogen-bond donors (Lipinski definition) is 1. The smallest absolute Gasteiger partial charge is 0.269 e. The van der Waals surface area contributed by atoms with Crippen molar-refractivity contribution < 1.29 is 14.8 Å². The third-order valence-corrected chi connectivity index (χ3v) is 2.61. The molecular weight excluding hydrogens is 236 g/mol. The number of amides is 1. The molecule has 6 nitrogen and oxygen atoms in total. The van der Waals surface area contributed by atoms with Crippen molar-refractivity contribution in [2.45, 2.75) is 13.3 Å². The molecule has 1 amide bonds. The average molecular weight is 252 g/mol. The van der Waals surface area contributed by atoms with Crippen LogP contribution in [-0.4, -0.2) is 40.5 Å². The summed E-state index contributed by atoms with van der Waals surface area (Å²) in [5, 5.41) is 19.3. The maximum Gasteiger partial charge on any atom is 0.269 e. The molecule has 18 heavy (non-hydrogen) atoms. The van der Waals surface area contributed by atoms with Gasteiger partial charge in [-0.25, -0.2) is 0 Å². The highest BCUT2D eigenvalue weighted by atomic mass is 16.6. The Hall–Kier alpha value is -1.95. The summed E-state index contributed by atoms with van der Waals surface area (Å²) in [6.45, 7) is 2.61. The monoisotopic (exact) mass is 252 g/mol. The fraction of sp³-hybridized carbons (Fsp3) is 0.417. The van der Waals surface area contributed by atoms with Gasteiger partial charge in [-0.1, -0.05) is 12.1 Å². The Morgan fingerprint density at radius 2 is 2.00 bits per heavy atom. The van der Waals surface area contributed by atoms with E-state index in [9.17, 15) is 14.9 Å². The van der Waals surface area contributed by atoms with Gasteiger partial charge in [0.05, 0.1) is 18.0 Å². The summed E-state index contributed by atoms with van der Waals surface area (Å²) in [7, 11) is 0. The summed E-state index contributed by atoms with van der Waals surface area (Å²) in [5.74, 6) is -0.0968. The van der Waals surface area contributed by atoms with E-state index >= 15 is 0 Å². The van der Waals surface area contributed by atoms with Crippen LogP contribution >= 0.6 is 0 Å². The van der Waals surface area contributed by atoms with Gasteiger partial charge in [-0.2, -0.15) is 0 Å². The standard InChI is InChI=1S/C12H16N2O4/c1-2-13(7-8-15)12(16)9-10-3-5-11(6-4-10)14(17)18/h3-6,15H,2,7-9H2,1H3. The highest BCUT2D eigenvalue weighted by Gasteiger charge is 2.12. The largest absolute Gasteiger partial charge is 0.395 e. The van der Waals surface area contributed by atoms with Crippen molar-refractivity contribution in [3.8, 4) is 0 Å². The quantitative estimate of drug-likeness (QED) is 0.604. The van der Waals surface area contributed by atoms with E-state index in [0.717, 1.165) is 5.56 Å². The first-order chi connectivity index (χ1) is 8.58. The summed E-state index contributed by atoms with van der Waals surface area (Å²) in [5.41, 5.74) is 0.732. The molecule has 98 valence electrons. The van der Waals surface area contributed by atoms with Crippen molar-refractivity contribution in [2.75, 3.05) is 19.7 Å². The summed E-state index contributed by atoms with van der Waals surface area (Å²) in [6, 6.07) is 5.90. The van der Waals surface area contributed by atoms with Crippen LogP contribution in [0.1, 0.15) is 12.5 Å². The van der Waals surface area contributed by atoms with E-state index in [0.29, 0.717) is 13.1 Å². The molecule has 1 aromatic carbocycles. The van der Waals surface area contributed by atoms with Crippen molar-refractivity contribution in [2.24, 2.45) is 0 Å². The Morgan fingerprint density at radius 1 is 1.39 bits per heavy atom. The SMILES string of the molecule is CCN(CCO)C(=O)Cc1ccc([N+](=O)[O-])cc1. The zero-order valence-corrected chi connectivity index (χ0v) is 10.2. The van der Waals surface area contributed by atoms with Crippen molar-refractivity contribution in [3.05, 3.63) is 39.9 Å². The summed E-state index contributed by atoms with van der Waals surface area (Å²) in [6.07, 6.45) is 0.186. The van der Waals surface area contributed by atoms with Gasteiger partial charge < -0.3 is 10.0 Å². The Morgan fingerprint density at radius 3 is 2.44 bits per heavy atom. The molecular formula is C12H16N2O4. The van der Waals surface area contributed by atoms with Crippen LogP contribution in [0, 0.1) is 10.1 Å². The van der Waals surface area contributed by atoms with E-state index in [1.54, 1.807) is 17.0 Å². The second-order valence-electron chi connectivity index (χ2n) is 3.80. The van der Waals surface area contributed by atoms with Gasteiger partial charge in [-0.05, 0) is 12.5 Å². The van der Waals surface area contributed by atoms with Crippen LogP contribution in [0.25, 0.3) is 0 Å². The molecule has 6 heteroatoms. The van der Waals surface area contributed by atoms with E-state index in [2.05, 4.69) is 0 Å². The lowest BCUT2D eigenvalue weighted by Crippen LogP contribution is -2.34. The van der Waals surface area contributed by atoms with Gasteiger partial charge in [-0.3, -0.25) is 14.9 Å². The molecule has 0 spiro atoms. The number of nitro groups is 1. The van der Waals surface area contributed by atoms with Crippen molar-refractivity contribution >= 4 is 11.6 Å². The molecule has 0 bridgehead atoms. The number of aliphatic hydroxyl groups excluding tert-OH is 1. The Labute approximate surface area is 105 Å². The fourth-order valence-corrected chi connectivity index (χ4v) is 1.60. The van der Waals surface area contributed by atoms with Crippen molar-refractivity contribution in [3.63, 3.8) is 0 Å². The number of hydrogen-bond acceptors (Lipinski definition) is 4. The lowest BCUT2D eigenvalue weighted by molar-refractivity contribution is -0.384. The van der Waals surface area contributed by atoms with E-state index in [4.69, 9.17) is 5.11 Å². The third kappa shape index (κ3) is 3.81. The van der Waals surface area contributed by atoms with E-state index in [-0.39, 0.29) is 24.6 Å². The Kier molecular flexibility index (Phi) is 5.26. The summed E-state index contributed by atoms with van der Waals surface area (Å²) < 4.78 is 0. The lowest BCUT2D eigenvalue weighted by atomic mass is 10.1. The number of rotatable bonds is 6. The molecule has 0 saturated carbocycles. The summed E-state index contributed by atoms with van der Waals surface area (Å²) in [4.78, 5) is 23.4. The van der Waals surface area contributed by atoms with E-state index < -0.39 is 4.92 Å². The normalized spacial score (nSPS) is 10.1. The minimum absolute atomic E-state index is 0.00825. The number of nitro benzene ring substituents is 1. The van der Waals surface area contributed by atoms with Gasteiger partial charge in [0.2, 0.25) is 5.91 Å². The van der Waals surface area contributed by atoms with Crippen LogP contribution in [0.5, 0.6) is 0 Å². The number of carbonyl (C=O) groups excluding carboxylic acids is 1. The van der Waals surface area contributed by atoms with Crippen LogP contribution < -0.4 is 0 Å². The predicted molar refractivity (Wildman–Crippen MR) is 66.1 cm³/mol. The molecule has 0 fully saturated rings. The zero-order chi connectivity index (χ0) is 13.5. The van der Waals surface area contributed by atoms with Gasteiger partial charge in [0, 0.05) is 25.2 Å². The fourth-order valence-electron chi connectivity index (χ4n) is 1.60. The highest BCUT2D eigenvalue weighted by molar-refractivity contribution is 5.78. The minimum atomic E-state index is -0.476. The van der Waals surface area contributed by atoms with E-state index in [1.807, 2.05) is 6.92 Å². The number of non-ortho nitro benzene ring substituents is 1. The van der Waals surface area contributed by atoms with Gasteiger partial charge in [-0.15, -0.1) is 0 Å². The lowest BCUT2D eigenvalue weighted by Gasteiger charge is -2.19. The van der Waals surface area contributed by atoms with Crippen LogP contribution in [0.3, 0.4) is 0 Å². The van der Waals surface area contributed by atoms with Crippen molar-refractivity contribution in [1.82, 2.24) is 4.90 Å². The number of likely N-dealkylation sites (N-methyl/N-ethyl adjacent to an activating group) is 1. The molecule has 1 N–H and O–H groups in total. The first kappa shape index (κ1) is 14.1. The molecule has 0 aliphatic carbocycles. The van der Waals surface area contributed by atoms with Crippen LogP contribution in [-0.2, 0) is 11.2 Å². The van der Waals surface area contributed by atoms with Crippen LogP contribution in [0.2, 0.25) is 0 Å². The second-order valence-corrected chi connectivity index (χ2v) is 3.80. The molecule has 1 rings (SSSR count).